The Bertz CT molecular complexity index is 427. The molecule has 6 heteroatoms. The SMILES string of the molecule is COc1nc(C(=O)O)nc(OC)c1CC(C)(C)C. The molecule has 18 heavy (non-hydrogen) atoms. The Hall–Kier alpha value is -1.85. The Morgan fingerprint density at radius 3 is 1.89 bits per heavy atom. The molecule has 1 N–H and O–H groups in total. The second-order valence-electron chi connectivity index (χ2n) is 5.09. The zero-order valence-electron chi connectivity index (χ0n) is 11.3. The molecule has 0 saturated carbocycles. The summed E-state index contributed by atoms with van der Waals surface area (Å²) in [4.78, 5) is 18.6. The quantitative estimate of drug-likeness (QED) is 0.882. The summed E-state index contributed by atoms with van der Waals surface area (Å²) in [6.45, 7) is 6.16. The van der Waals surface area contributed by atoms with Crippen molar-refractivity contribution in [2.24, 2.45) is 5.41 Å². The average molecular weight is 254 g/mol. The standard InChI is InChI=1S/C12H18N2O4/c1-12(2,3)6-7-9(17-4)13-8(11(15)16)14-10(7)18-5/h6H2,1-5H3,(H,15,16). The highest BCUT2D eigenvalue weighted by Gasteiger charge is 2.23. The third kappa shape index (κ3) is 3.32. The van der Waals surface area contributed by atoms with E-state index in [2.05, 4.69) is 30.7 Å². The Morgan fingerprint density at radius 1 is 1.17 bits per heavy atom. The fourth-order valence-corrected chi connectivity index (χ4v) is 1.56. The van der Waals surface area contributed by atoms with Crippen LogP contribution >= 0.6 is 0 Å². The van der Waals surface area contributed by atoms with E-state index in [4.69, 9.17) is 14.6 Å². The lowest BCUT2D eigenvalue weighted by Crippen LogP contribution is -2.15. The molecule has 0 aliphatic carbocycles. The van der Waals surface area contributed by atoms with E-state index in [1.165, 1.54) is 14.2 Å². The Balaban J connectivity index is 3.34. The highest BCUT2D eigenvalue weighted by atomic mass is 16.5. The second kappa shape index (κ2) is 5.20. The minimum Gasteiger partial charge on any atom is -0.481 e. The summed E-state index contributed by atoms with van der Waals surface area (Å²) in [6.07, 6.45) is 0.624. The first-order chi connectivity index (χ1) is 8.28. The van der Waals surface area contributed by atoms with Crippen LogP contribution in [0, 0.1) is 5.41 Å². The van der Waals surface area contributed by atoms with E-state index in [0.717, 1.165) is 0 Å². The van der Waals surface area contributed by atoms with Gasteiger partial charge in [-0.1, -0.05) is 20.8 Å². The third-order valence-corrected chi connectivity index (χ3v) is 2.22. The number of carbonyl (C=O) groups is 1. The van der Waals surface area contributed by atoms with Gasteiger partial charge < -0.3 is 14.6 Å². The zero-order chi connectivity index (χ0) is 13.9. The van der Waals surface area contributed by atoms with Crippen molar-refractivity contribution >= 4 is 5.97 Å². The van der Waals surface area contributed by atoms with Gasteiger partial charge in [-0.05, 0) is 11.8 Å². The van der Waals surface area contributed by atoms with E-state index in [9.17, 15) is 4.79 Å². The van der Waals surface area contributed by atoms with Crippen molar-refractivity contribution < 1.29 is 19.4 Å². The number of methoxy groups -OCH3 is 2. The predicted octanol–water partition coefficient (Wildman–Crippen LogP) is 1.78. The number of carboxylic acid groups (broad SMARTS) is 1. The average Bonchev–Trinajstić information content (AvgIpc) is 2.26. The maximum absolute atomic E-state index is 10.9. The number of nitrogens with zero attached hydrogens (tertiary/aromatic N) is 2. The van der Waals surface area contributed by atoms with Crippen LogP contribution in [0.3, 0.4) is 0 Å². The first-order valence-corrected chi connectivity index (χ1v) is 5.50. The Kier molecular flexibility index (Phi) is 4.11. The molecule has 0 saturated heterocycles. The number of ether oxygens (including phenoxy) is 2. The highest BCUT2D eigenvalue weighted by Crippen LogP contribution is 2.31. The summed E-state index contributed by atoms with van der Waals surface area (Å²) in [5.74, 6) is -1.06. The first kappa shape index (κ1) is 14.2. The van der Waals surface area contributed by atoms with Gasteiger partial charge in [-0.2, -0.15) is 9.97 Å². The Labute approximate surface area is 106 Å². The van der Waals surface area contributed by atoms with Gasteiger partial charge in [0.2, 0.25) is 17.6 Å². The second-order valence-corrected chi connectivity index (χ2v) is 5.09. The predicted molar refractivity (Wildman–Crippen MR) is 65.3 cm³/mol. The molecule has 0 bridgehead atoms. The van der Waals surface area contributed by atoms with Crippen molar-refractivity contribution in [3.63, 3.8) is 0 Å². The van der Waals surface area contributed by atoms with Gasteiger partial charge in [-0.3, -0.25) is 0 Å². The van der Waals surface area contributed by atoms with E-state index >= 15 is 0 Å². The molecule has 0 amide bonds. The minimum atomic E-state index is -1.21. The highest BCUT2D eigenvalue weighted by molar-refractivity contribution is 5.83. The maximum Gasteiger partial charge on any atom is 0.374 e. The van der Waals surface area contributed by atoms with Crippen LogP contribution in [-0.2, 0) is 6.42 Å². The maximum atomic E-state index is 10.9. The van der Waals surface area contributed by atoms with Gasteiger partial charge >= 0.3 is 5.97 Å². The van der Waals surface area contributed by atoms with Crippen molar-refractivity contribution in [3.8, 4) is 11.8 Å². The molecule has 1 aromatic rings. The number of rotatable bonds is 4. The lowest BCUT2D eigenvalue weighted by Gasteiger charge is -2.20. The summed E-state index contributed by atoms with van der Waals surface area (Å²) >= 11 is 0. The smallest absolute Gasteiger partial charge is 0.374 e. The van der Waals surface area contributed by atoms with Crippen molar-refractivity contribution in [1.29, 1.82) is 0 Å². The number of carboxylic acids is 1. The van der Waals surface area contributed by atoms with Crippen LogP contribution < -0.4 is 9.47 Å². The molecule has 1 rings (SSSR count). The summed E-state index contributed by atoms with van der Waals surface area (Å²) in [7, 11) is 2.89. The van der Waals surface area contributed by atoms with Crippen LogP contribution in [0.5, 0.6) is 11.8 Å². The lowest BCUT2D eigenvalue weighted by atomic mass is 9.89. The summed E-state index contributed by atoms with van der Waals surface area (Å²) in [6, 6.07) is 0. The first-order valence-electron chi connectivity index (χ1n) is 5.50. The summed E-state index contributed by atoms with van der Waals surface area (Å²) in [5, 5.41) is 8.91. The van der Waals surface area contributed by atoms with E-state index < -0.39 is 5.97 Å². The number of hydrogen-bond acceptors (Lipinski definition) is 5. The van der Waals surface area contributed by atoms with Gasteiger partial charge in [-0.25, -0.2) is 4.79 Å². The van der Waals surface area contributed by atoms with Gasteiger partial charge in [0, 0.05) is 0 Å². The van der Waals surface area contributed by atoms with Crippen molar-refractivity contribution in [3.05, 3.63) is 11.4 Å². The summed E-state index contributed by atoms with van der Waals surface area (Å²) in [5.41, 5.74) is 0.659. The molecule has 1 heterocycles. The van der Waals surface area contributed by atoms with Crippen LogP contribution in [-0.4, -0.2) is 35.3 Å². The molecule has 0 aliphatic heterocycles. The lowest BCUT2D eigenvalue weighted by molar-refractivity contribution is 0.0681. The molecule has 0 spiro atoms. The van der Waals surface area contributed by atoms with Crippen LogP contribution in [0.15, 0.2) is 0 Å². The van der Waals surface area contributed by atoms with E-state index in [0.29, 0.717) is 12.0 Å². The molecule has 6 nitrogen and oxygen atoms in total. The number of aromatic carboxylic acids is 1. The van der Waals surface area contributed by atoms with Crippen molar-refractivity contribution in [2.45, 2.75) is 27.2 Å². The van der Waals surface area contributed by atoms with Crippen LogP contribution in [0.4, 0.5) is 0 Å². The van der Waals surface area contributed by atoms with Crippen LogP contribution in [0.2, 0.25) is 0 Å². The van der Waals surface area contributed by atoms with Gasteiger partial charge in [0.25, 0.3) is 0 Å². The van der Waals surface area contributed by atoms with Gasteiger partial charge in [0.05, 0.1) is 19.8 Å². The van der Waals surface area contributed by atoms with Crippen molar-refractivity contribution in [1.82, 2.24) is 9.97 Å². The molecule has 0 radical (unpaired) electrons. The topological polar surface area (TPSA) is 81.5 Å². The molecule has 100 valence electrons. The minimum absolute atomic E-state index is 0.0192. The van der Waals surface area contributed by atoms with E-state index in [1.54, 1.807) is 0 Å². The zero-order valence-corrected chi connectivity index (χ0v) is 11.3. The monoisotopic (exact) mass is 254 g/mol. The fourth-order valence-electron chi connectivity index (χ4n) is 1.56. The number of aromatic nitrogens is 2. The van der Waals surface area contributed by atoms with E-state index in [1.807, 2.05) is 0 Å². The molecule has 0 aliphatic rings. The van der Waals surface area contributed by atoms with Crippen molar-refractivity contribution in [2.75, 3.05) is 14.2 Å². The van der Waals surface area contributed by atoms with Crippen LogP contribution in [0.25, 0.3) is 0 Å². The fraction of sp³-hybridized carbons (Fsp3) is 0.583. The van der Waals surface area contributed by atoms with Crippen LogP contribution in [0.1, 0.15) is 37.0 Å². The molecule has 0 unspecified atom stereocenters. The molecule has 0 aromatic carbocycles. The molecular weight excluding hydrogens is 236 g/mol. The third-order valence-electron chi connectivity index (χ3n) is 2.22. The number of hydrogen-bond donors (Lipinski definition) is 1. The summed E-state index contributed by atoms with van der Waals surface area (Å²) < 4.78 is 10.3. The Morgan fingerprint density at radius 2 is 1.61 bits per heavy atom. The normalized spacial score (nSPS) is 11.2. The molecular formula is C12H18N2O4. The van der Waals surface area contributed by atoms with Gasteiger partial charge in [0.15, 0.2) is 0 Å². The molecule has 0 atom stereocenters. The largest absolute Gasteiger partial charge is 0.481 e. The molecule has 0 fully saturated rings. The molecule has 1 aromatic heterocycles. The van der Waals surface area contributed by atoms with Gasteiger partial charge in [-0.15, -0.1) is 0 Å². The van der Waals surface area contributed by atoms with Gasteiger partial charge in [0.1, 0.15) is 0 Å². The van der Waals surface area contributed by atoms with E-state index in [-0.39, 0.29) is 23.0 Å².